The van der Waals surface area contributed by atoms with Crippen LogP contribution in [0, 0.1) is 20.8 Å². The van der Waals surface area contributed by atoms with Crippen molar-refractivity contribution < 1.29 is 4.79 Å². The second kappa shape index (κ2) is 8.13. The lowest BCUT2D eigenvalue weighted by Crippen LogP contribution is -2.14. The molecule has 6 heteroatoms. The zero-order valence-electron chi connectivity index (χ0n) is 17.0. The molecule has 0 atom stereocenters. The second-order valence-corrected chi connectivity index (χ2v) is 7.71. The van der Waals surface area contributed by atoms with Crippen LogP contribution in [-0.4, -0.2) is 20.7 Å². The maximum atomic E-state index is 12.9. The van der Waals surface area contributed by atoms with Gasteiger partial charge in [-0.1, -0.05) is 29.8 Å². The van der Waals surface area contributed by atoms with E-state index in [0.717, 1.165) is 22.4 Å². The standard InChI is InChI=1S/C24H21ClN4O/c1-15-5-4-6-21(13-15)29-23(18-8-10-19(25)11-9-18)27-22(28-29)24(30)26-20-12-7-16(2)17(3)14-20/h4-14H,1-3H3,(H,26,30). The van der Waals surface area contributed by atoms with Gasteiger partial charge in [-0.3, -0.25) is 4.79 Å². The molecule has 1 N–H and O–H groups in total. The molecule has 0 saturated heterocycles. The lowest BCUT2D eigenvalue weighted by atomic mass is 10.1. The number of carbonyl (C=O) groups is 1. The Morgan fingerprint density at radius 3 is 2.40 bits per heavy atom. The average Bonchev–Trinajstić information content (AvgIpc) is 3.17. The molecule has 0 radical (unpaired) electrons. The fraction of sp³-hybridized carbons (Fsp3) is 0.125. The van der Waals surface area contributed by atoms with Crippen LogP contribution in [0.2, 0.25) is 5.02 Å². The Labute approximate surface area is 180 Å². The van der Waals surface area contributed by atoms with Gasteiger partial charge in [-0.2, -0.15) is 0 Å². The molecule has 150 valence electrons. The SMILES string of the molecule is Cc1cccc(-n2nc(C(=O)Nc3ccc(C)c(C)c3)nc2-c2ccc(Cl)cc2)c1. The van der Waals surface area contributed by atoms with E-state index in [2.05, 4.69) is 15.4 Å². The molecule has 5 nitrogen and oxygen atoms in total. The van der Waals surface area contributed by atoms with Crippen LogP contribution in [0.1, 0.15) is 27.3 Å². The van der Waals surface area contributed by atoms with Crippen LogP contribution < -0.4 is 5.32 Å². The van der Waals surface area contributed by atoms with Crippen LogP contribution >= 0.6 is 11.6 Å². The summed E-state index contributed by atoms with van der Waals surface area (Å²) in [7, 11) is 0. The normalized spacial score (nSPS) is 10.8. The van der Waals surface area contributed by atoms with Gasteiger partial charge >= 0.3 is 0 Å². The first-order chi connectivity index (χ1) is 14.4. The number of anilines is 1. The number of hydrogen-bond acceptors (Lipinski definition) is 3. The Kier molecular flexibility index (Phi) is 5.38. The van der Waals surface area contributed by atoms with Crippen molar-refractivity contribution in [3.05, 3.63) is 94.3 Å². The number of hydrogen-bond donors (Lipinski definition) is 1. The van der Waals surface area contributed by atoms with Crippen molar-refractivity contribution in [3.63, 3.8) is 0 Å². The highest BCUT2D eigenvalue weighted by Crippen LogP contribution is 2.24. The van der Waals surface area contributed by atoms with Crippen LogP contribution in [-0.2, 0) is 0 Å². The number of amides is 1. The third kappa shape index (κ3) is 4.11. The first-order valence-electron chi connectivity index (χ1n) is 9.59. The predicted octanol–water partition coefficient (Wildman–Crippen LogP) is 5.77. The molecule has 30 heavy (non-hydrogen) atoms. The summed E-state index contributed by atoms with van der Waals surface area (Å²) in [5.41, 5.74) is 5.72. The number of rotatable bonds is 4. The van der Waals surface area contributed by atoms with Crippen molar-refractivity contribution >= 4 is 23.2 Å². The van der Waals surface area contributed by atoms with Crippen LogP contribution in [0.3, 0.4) is 0 Å². The van der Waals surface area contributed by atoms with Crippen molar-refractivity contribution in [3.8, 4) is 17.1 Å². The van der Waals surface area contributed by atoms with E-state index >= 15 is 0 Å². The summed E-state index contributed by atoms with van der Waals surface area (Å²) in [4.78, 5) is 17.4. The molecule has 0 fully saturated rings. The molecule has 1 heterocycles. The van der Waals surface area contributed by atoms with Gasteiger partial charge in [0.1, 0.15) is 0 Å². The monoisotopic (exact) mass is 416 g/mol. The predicted molar refractivity (Wildman–Crippen MR) is 120 cm³/mol. The van der Waals surface area contributed by atoms with E-state index in [1.807, 2.05) is 75.4 Å². The van der Waals surface area contributed by atoms with Crippen LogP contribution in [0.25, 0.3) is 17.1 Å². The van der Waals surface area contributed by atoms with Crippen molar-refractivity contribution in [1.29, 1.82) is 0 Å². The topological polar surface area (TPSA) is 59.8 Å². The number of benzene rings is 3. The first kappa shape index (κ1) is 19.9. The molecule has 0 aliphatic rings. The highest BCUT2D eigenvalue weighted by molar-refractivity contribution is 6.30. The van der Waals surface area contributed by atoms with E-state index < -0.39 is 0 Å². The summed E-state index contributed by atoms with van der Waals surface area (Å²) in [5, 5.41) is 8.04. The van der Waals surface area contributed by atoms with E-state index in [-0.39, 0.29) is 11.7 Å². The Morgan fingerprint density at radius 1 is 0.933 bits per heavy atom. The quantitative estimate of drug-likeness (QED) is 0.459. The maximum absolute atomic E-state index is 12.9. The van der Waals surface area contributed by atoms with Crippen molar-refractivity contribution in [2.45, 2.75) is 20.8 Å². The van der Waals surface area contributed by atoms with Gasteiger partial charge in [-0.25, -0.2) is 9.67 Å². The van der Waals surface area contributed by atoms with Crippen molar-refractivity contribution in [1.82, 2.24) is 14.8 Å². The van der Waals surface area contributed by atoms with E-state index in [9.17, 15) is 4.79 Å². The lowest BCUT2D eigenvalue weighted by Gasteiger charge is -2.07. The summed E-state index contributed by atoms with van der Waals surface area (Å²) in [5.74, 6) is 0.307. The van der Waals surface area contributed by atoms with Gasteiger partial charge < -0.3 is 5.32 Å². The summed E-state index contributed by atoms with van der Waals surface area (Å²) < 4.78 is 1.69. The number of aryl methyl sites for hydroxylation is 3. The summed E-state index contributed by atoms with van der Waals surface area (Å²) in [6, 6.07) is 21.0. The number of carbonyl (C=O) groups excluding carboxylic acids is 1. The zero-order valence-corrected chi connectivity index (χ0v) is 17.7. The highest BCUT2D eigenvalue weighted by Gasteiger charge is 2.19. The molecule has 0 spiro atoms. The van der Waals surface area contributed by atoms with Crippen molar-refractivity contribution in [2.24, 2.45) is 0 Å². The first-order valence-corrected chi connectivity index (χ1v) is 9.97. The molecule has 4 rings (SSSR count). The third-order valence-electron chi connectivity index (χ3n) is 4.92. The Bertz CT molecular complexity index is 1230. The number of halogens is 1. The van der Waals surface area contributed by atoms with E-state index in [0.29, 0.717) is 16.5 Å². The van der Waals surface area contributed by atoms with Gasteiger partial charge in [-0.05, 0) is 86.0 Å². The Balaban J connectivity index is 1.75. The van der Waals surface area contributed by atoms with Gasteiger partial charge in [0.15, 0.2) is 5.82 Å². The lowest BCUT2D eigenvalue weighted by molar-refractivity contribution is 0.101. The molecular formula is C24H21ClN4O. The minimum absolute atomic E-state index is 0.0969. The van der Waals surface area contributed by atoms with Gasteiger partial charge in [-0.15, -0.1) is 5.10 Å². The molecule has 1 aromatic heterocycles. The second-order valence-electron chi connectivity index (χ2n) is 7.27. The smallest absolute Gasteiger partial charge is 0.295 e. The highest BCUT2D eigenvalue weighted by atomic mass is 35.5. The third-order valence-corrected chi connectivity index (χ3v) is 5.18. The van der Waals surface area contributed by atoms with E-state index in [4.69, 9.17) is 11.6 Å². The number of nitrogens with one attached hydrogen (secondary N) is 1. The minimum atomic E-state index is -0.361. The Hall–Kier alpha value is -3.44. The molecule has 0 aliphatic carbocycles. The molecule has 0 unspecified atom stereocenters. The minimum Gasteiger partial charge on any atom is -0.319 e. The maximum Gasteiger partial charge on any atom is 0.295 e. The molecule has 0 bridgehead atoms. The van der Waals surface area contributed by atoms with Crippen LogP contribution in [0.5, 0.6) is 0 Å². The average molecular weight is 417 g/mol. The molecule has 4 aromatic rings. The molecule has 3 aromatic carbocycles. The fourth-order valence-corrected chi connectivity index (χ4v) is 3.27. The molecule has 0 saturated carbocycles. The van der Waals surface area contributed by atoms with Gasteiger partial charge in [0.25, 0.3) is 5.91 Å². The zero-order chi connectivity index (χ0) is 21.3. The largest absolute Gasteiger partial charge is 0.319 e. The van der Waals surface area contributed by atoms with Gasteiger partial charge in [0.05, 0.1) is 5.69 Å². The van der Waals surface area contributed by atoms with Crippen LogP contribution in [0.4, 0.5) is 5.69 Å². The fourth-order valence-electron chi connectivity index (χ4n) is 3.14. The molecular weight excluding hydrogens is 396 g/mol. The molecule has 0 aliphatic heterocycles. The molecule has 1 amide bonds. The van der Waals surface area contributed by atoms with Gasteiger partial charge in [0.2, 0.25) is 5.82 Å². The number of aromatic nitrogens is 3. The van der Waals surface area contributed by atoms with Gasteiger partial charge in [0, 0.05) is 16.3 Å². The van der Waals surface area contributed by atoms with Crippen molar-refractivity contribution in [2.75, 3.05) is 5.32 Å². The summed E-state index contributed by atoms with van der Waals surface area (Å²) >= 11 is 6.04. The van der Waals surface area contributed by atoms with E-state index in [1.54, 1.807) is 16.8 Å². The summed E-state index contributed by atoms with van der Waals surface area (Å²) in [6.07, 6.45) is 0. The van der Waals surface area contributed by atoms with E-state index in [1.165, 1.54) is 5.56 Å². The Morgan fingerprint density at radius 2 is 1.70 bits per heavy atom. The summed E-state index contributed by atoms with van der Waals surface area (Å²) in [6.45, 7) is 6.05. The number of nitrogens with zero attached hydrogens (tertiary/aromatic N) is 3. The van der Waals surface area contributed by atoms with Crippen LogP contribution in [0.15, 0.2) is 66.7 Å².